The first-order chi connectivity index (χ1) is 13.7. The Bertz CT molecular complexity index is 1100. The van der Waals surface area contributed by atoms with Crippen molar-refractivity contribution >= 4 is 27.3 Å². The Morgan fingerprint density at radius 1 is 1.10 bits per heavy atom. The number of sulfonamides is 1. The second-order valence-corrected chi connectivity index (χ2v) is 8.80. The minimum atomic E-state index is -4.13. The molecule has 3 rings (SSSR count). The summed E-state index contributed by atoms with van der Waals surface area (Å²) < 4.78 is 27.9. The molecule has 0 N–H and O–H groups in total. The molecule has 0 spiro atoms. The van der Waals surface area contributed by atoms with Gasteiger partial charge in [0.2, 0.25) is 10.0 Å². The van der Waals surface area contributed by atoms with E-state index < -0.39 is 21.0 Å². The third kappa shape index (κ3) is 4.14. The molecule has 150 valence electrons. The van der Waals surface area contributed by atoms with Gasteiger partial charge in [-0.25, -0.2) is 8.42 Å². The van der Waals surface area contributed by atoms with Crippen LogP contribution in [0.3, 0.4) is 0 Å². The van der Waals surface area contributed by atoms with Gasteiger partial charge < -0.3 is 0 Å². The number of halogens is 1. The zero-order valence-corrected chi connectivity index (χ0v) is 17.3. The van der Waals surface area contributed by atoms with Gasteiger partial charge in [-0.3, -0.25) is 15.1 Å². The molecule has 1 heterocycles. The van der Waals surface area contributed by atoms with E-state index in [1.165, 1.54) is 20.0 Å². The highest BCUT2D eigenvalue weighted by Gasteiger charge is 2.33. The highest BCUT2D eigenvalue weighted by molar-refractivity contribution is 7.89. The van der Waals surface area contributed by atoms with Crippen molar-refractivity contribution in [1.82, 2.24) is 9.29 Å². The number of aromatic nitrogens is 1. The van der Waals surface area contributed by atoms with Gasteiger partial charge in [-0.2, -0.15) is 4.31 Å². The van der Waals surface area contributed by atoms with Crippen LogP contribution in [0.2, 0.25) is 5.02 Å². The molecular formula is C20H18ClN3O4S. The third-order valence-electron chi connectivity index (χ3n) is 4.61. The standard InChI is InChI=1S/C20H18ClN3O4S/c1-14-17(21)12-16(13-19(14)24(25)26)29(27,28)23(2)20(15-8-4-3-5-9-15)18-10-6-7-11-22-18/h3-13,20H,1-2H3. The molecule has 0 radical (unpaired) electrons. The minimum Gasteiger partial charge on any atom is -0.259 e. The molecule has 9 heteroatoms. The maximum atomic E-state index is 13.4. The van der Waals surface area contributed by atoms with Crippen molar-refractivity contribution in [2.45, 2.75) is 17.9 Å². The van der Waals surface area contributed by atoms with Crippen LogP contribution in [-0.4, -0.2) is 29.7 Å². The summed E-state index contributed by atoms with van der Waals surface area (Å²) in [5, 5.41) is 11.3. The lowest BCUT2D eigenvalue weighted by atomic mass is 10.0. The Labute approximate surface area is 173 Å². The zero-order chi connectivity index (χ0) is 21.2. The number of hydrogen-bond acceptors (Lipinski definition) is 5. The van der Waals surface area contributed by atoms with Crippen LogP contribution in [0.25, 0.3) is 0 Å². The molecule has 0 aliphatic rings. The first-order valence-electron chi connectivity index (χ1n) is 8.62. The van der Waals surface area contributed by atoms with Crippen molar-refractivity contribution in [3.63, 3.8) is 0 Å². The van der Waals surface area contributed by atoms with Gasteiger partial charge >= 0.3 is 0 Å². The second kappa shape index (κ2) is 8.28. The van der Waals surface area contributed by atoms with E-state index in [-0.39, 0.29) is 21.2 Å². The van der Waals surface area contributed by atoms with Crippen molar-refractivity contribution in [2.75, 3.05) is 7.05 Å². The largest absolute Gasteiger partial charge is 0.275 e. The van der Waals surface area contributed by atoms with Crippen LogP contribution < -0.4 is 0 Å². The molecule has 7 nitrogen and oxygen atoms in total. The summed E-state index contributed by atoms with van der Waals surface area (Å²) in [6, 6.07) is 15.8. The Morgan fingerprint density at radius 3 is 2.34 bits per heavy atom. The summed E-state index contributed by atoms with van der Waals surface area (Å²) in [6.45, 7) is 1.47. The molecule has 29 heavy (non-hydrogen) atoms. The van der Waals surface area contributed by atoms with E-state index in [4.69, 9.17) is 11.6 Å². The van der Waals surface area contributed by atoms with Gasteiger partial charge in [-0.1, -0.05) is 48.0 Å². The van der Waals surface area contributed by atoms with Crippen LogP contribution in [0, 0.1) is 17.0 Å². The number of pyridine rings is 1. The third-order valence-corrected chi connectivity index (χ3v) is 6.80. The van der Waals surface area contributed by atoms with Gasteiger partial charge in [0, 0.05) is 24.9 Å². The van der Waals surface area contributed by atoms with Gasteiger partial charge in [0.15, 0.2) is 0 Å². The van der Waals surface area contributed by atoms with Gasteiger partial charge in [-0.15, -0.1) is 0 Å². The number of nitro benzene ring substituents is 1. The lowest BCUT2D eigenvalue weighted by molar-refractivity contribution is -0.385. The summed E-state index contributed by atoms with van der Waals surface area (Å²) in [4.78, 5) is 14.8. The maximum Gasteiger partial charge on any atom is 0.275 e. The van der Waals surface area contributed by atoms with E-state index in [0.29, 0.717) is 11.3 Å². The Kier molecular flexibility index (Phi) is 5.97. The monoisotopic (exact) mass is 431 g/mol. The highest BCUT2D eigenvalue weighted by atomic mass is 35.5. The molecule has 3 aromatic rings. The number of nitrogens with zero attached hydrogens (tertiary/aromatic N) is 3. The van der Waals surface area contributed by atoms with E-state index in [1.54, 1.807) is 48.7 Å². The predicted molar refractivity (Wildman–Crippen MR) is 110 cm³/mol. The van der Waals surface area contributed by atoms with Crippen molar-refractivity contribution in [2.24, 2.45) is 0 Å². The van der Waals surface area contributed by atoms with Crippen LogP contribution >= 0.6 is 11.6 Å². The van der Waals surface area contributed by atoms with Crippen LogP contribution in [0.1, 0.15) is 22.9 Å². The molecule has 0 fully saturated rings. The number of hydrogen-bond donors (Lipinski definition) is 0. The SMILES string of the molecule is Cc1c(Cl)cc(S(=O)(=O)N(C)C(c2ccccc2)c2ccccn2)cc1[N+](=O)[O-]. The topological polar surface area (TPSA) is 93.4 Å². The maximum absolute atomic E-state index is 13.4. The zero-order valence-electron chi connectivity index (χ0n) is 15.7. The summed E-state index contributed by atoms with van der Waals surface area (Å²) in [5.41, 5.74) is 1.10. The van der Waals surface area contributed by atoms with Crippen LogP contribution in [0.15, 0.2) is 71.8 Å². The summed E-state index contributed by atoms with van der Waals surface area (Å²) in [7, 11) is -2.71. The van der Waals surface area contributed by atoms with E-state index in [1.807, 2.05) is 6.07 Å². The van der Waals surface area contributed by atoms with Crippen molar-refractivity contribution in [3.8, 4) is 0 Å². The Hall–Kier alpha value is -2.81. The quantitative estimate of drug-likeness (QED) is 0.427. The van der Waals surface area contributed by atoms with Crippen LogP contribution in [-0.2, 0) is 10.0 Å². The lowest BCUT2D eigenvalue weighted by Crippen LogP contribution is -2.32. The fraction of sp³-hybridized carbons (Fsp3) is 0.150. The summed E-state index contributed by atoms with van der Waals surface area (Å²) >= 11 is 6.09. The van der Waals surface area contributed by atoms with Gasteiger partial charge in [0.05, 0.1) is 26.6 Å². The molecule has 2 aromatic carbocycles. The van der Waals surface area contributed by atoms with E-state index in [0.717, 1.165) is 10.4 Å². The van der Waals surface area contributed by atoms with Crippen LogP contribution in [0.5, 0.6) is 0 Å². The molecule has 0 amide bonds. The Morgan fingerprint density at radius 2 is 1.76 bits per heavy atom. The predicted octanol–water partition coefficient (Wildman–Crippen LogP) is 4.36. The van der Waals surface area contributed by atoms with Crippen LogP contribution in [0.4, 0.5) is 5.69 Å². The van der Waals surface area contributed by atoms with Gasteiger partial charge in [0.25, 0.3) is 5.69 Å². The van der Waals surface area contributed by atoms with Crippen molar-refractivity contribution in [1.29, 1.82) is 0 Å². The molecule has 1 aromatic heterocycles. The van der Waals surface area contributed by atoms with E-state index in [2.05, 4.69) is 4.98 Å². The second-order valence-electron chi connectivity index (χ2n) is 6.40. The minimum absolute atomic E-state index is 0.0141. The molecule has 0 saturated carbocycles. The summed E-state index contributed by atoms with van der Waals surface area (Å²) in [5.74, 6) is 0. The number of nitro groups is 1. The van der Waals surface area contributed by atoms with Gasteiger partial charge in [0.1, 0.15) is 0 Å². The average Bonchev–Trinajstić information content (AvgIpc) is 2.71. The first-order valence-corrected chi connectivity index (χ1v) is 10.4. The smallest absolute Gasteiger partial charge is 0.259 e. The van der Waals surface area contributed by atoms with E-state index in [9.17, 15) is 18.5 Å². The highest BCUT2D eigenvalue weighted by Crippen LogP contribution is 2.35. The molecule has 1 unspecified atom stereocenters. The fourth-order valence-corrected chi connectivity index (χ4v) is 4.67. The average molecular weight is 432 g/mol. The molecule has 0 aliphatic heterocycles. The van der Waals surface area contributed by atoms with E-state index >= 15 is 0 Å². The number of rotatable bonds is 6. The molecule has 0 aliphatic carbocycles. The molecule has 0 bridgehead atoms. The lowest BCUT2D eigenvalue weighted by Gasteiger charge is -2.27. The molecule has 0 saturated heterocycles. The number of benzene rings is 2. The Balaban J connectivity index is 2.15. The fourth-order valence-electron chi connectivity index (χ4n) is 3.02. The van der Waals surface area contributed by atoms with Crippen molar-refractivity contribution < 1.29 is 13.3 Å². The molecular weight excluding hydrogens is 414 g/mol. The normalized spacial score (nSPS) is 12.7. The van der Waals surface area contributed by atoms with Crippen molar-refractivity contribution in [3.05, 3.63) is 98.8 Å². The van der Waals surface area contributed by atoms with Gasteiger partial charge in [-0.05, 0) is 30.7 Å². The molecule has 1 atom stereocenters. The summed E-state index contributed by atoms with van der Waals surface area (Å²) in [6.07, 6.45) is 1.58. The first kappa shape index (κ1) is 20.9.